The molecule has 0 radical (unpaired) electrons. The molecule has 100 valence electrons. The van der Waals surface area contributed by atoms with Crippen molar-refractivity contribution in [3.63, 3.8) is 0 Å². The Hall–Kier alpha value is -1.46. The van der Waals surface area contributed by atoms with Gasteiger partial charge in [0.2, 0.25) is 5.91 Å². The summed E-state index contributed by atoms with van der Waals surface area (Å²) in [6.07, 6.45) is 0.247. The van der Waals surface area contributed by atoms with Gasteiger partial charge in [0.15, 0.2) is 0 Å². The molecule has 4 nitrogen and oxygen atoms in total. The molecule has 5 heteroatoms. The molecule has 0 aromatic heterocycles. The summed E-state index contributed by atoms with van der Waals surface area (Å²) >= 11 is 0. The summed E-state index contributed by atoms with van der Waals surface area (Å²) in [6.45, 7) is 1.12. The Bertz CT molecular complexity index is 367. The molecule has 0 atom stereocenters. The molecule has 18 heavy (non-hydrogen) atoms. The number of hydrogen-bond acceptors (Lipinski definition) is 3. The molecule has 0 aliphatic heterocycles. The molecular formula is C13H18FNO3. The van der Waals surface area contributed by atoms with Crippen molar-refractivity contribution in [1.29, 1.82) is 0 Å². The molecule has 1 N–H and O–H groups in total. The van der Waals surface area contributed by atoms with E-state index < -0.39 is 0 Å². The number of ether oxygens (including phenoxy) is 1. The van der Waals surface area contributed by atoms with Gasteiger partial charge in [-0.1, -0.05) is 12.1 Å². The van der Waals surface area contributed by atoms with Gasteiger partial charge in [0, 0.05) is 13.6 Å². The van der Waals surface area contributed by atoms with Gasteiger partial charge in [-0.15, -0.1) is 0 Å². The van der Waals surface area contributed by atoms with E-state index in [2.05, 4.69) is 0 Å². The van der Waals surface area contributed by atoms with Gasteiger partial charge in [-0.25, -0.2) is 4.39 Å². The van der Waals surface area contributed by atoms with E-state index in [0.717, 1.165) is 5.56 Å². The predicted octanol–water partition coefficient (Wildman–Crippen LogP) is 0.835. The van der Waals surface area contributed by atoms with Crippen molar-refractivity contribution in [3.8, 4) is 0 Å². The Morgan fingerprint density at radius 3 is 2.61 bits per heavy atom. The molecule has 1 rings (SSSR count). The van der Waals surface area contributed by atoms with Crippen LogP contribution in [0.1, 0.15) is 5.56 Å². The molecule has 1 aromatic carbocycles. The molecule has 0 unspecified atom stereocenters. The molecule has 0 saturated carbocycles. The van der Waals surface area contributed by atoms with Gasteiger partial charge in [-0.05, 0) is 17.7 Å². The second-order valence-electron chi connectivity index (χ2n) is 3.95. The van der Waals surface area contributed by atoms with Gasteiger partial charge in [-0.2, -0.15) is 0 Å². The maximum Gasteiger partial charge on any atom is 0.226 e. The minimum Gasteiger partial charge on any atom is -0.394 e. The summed E-state index contributed by atoms with van der Waals surface area (Å²) in [5, 5.41) is 8.52. The van der Waals surface area contributed by atoms with E-state index in [0.29, 0.717) is 13.2 Å². The number of aliphatic hydroxyl groups is 1. The predicted molar refractivity (Wildman–Crippen MR) is 65.6 cm³/mol. The molecule has 0 aliphatic rings. The highest BCUT2D eigenvalue weighted by molar-refractivity contribution is 5.78. The van der Waals surface area contributed by atoms with Crippen molar-refractivity contribution < 1.29 is 19.0 Å². The molecule has 0 spiro atoms. The van der Waals surface area contributed by atoms with Gasteiger partial charge in [0.1, 0.15) is 5.82 Å². The van der Waals surface area contributed by atoms with E-state index in [-0.39, 0.29) is 31.4 Å². The average molecular weight is 255 g/mol. The van der Waals surface area contributed by atoms with E-state index in [9.17, 15) is 9.18 Å². The summed E-state index contributed by atoms with van der Waals surface area (Å²) in [4.78, 5) is 13.3. The van der Waals surface area contributed by atoms with Crippen LogP contribution in [0.25, 0.3) is 0 Å². The van der Waals surface area contributed by atoms with Crippen molar-refractivity contribution >= 4 is 5.91 Å². The highest BCUT2D eigenvalue weighted by Gasteiger charge is 2.09. The Morgan fingerprint density at radius 1 is 1.33 bits per heavy atom. The Balaban J connectivity index is 2.33. The van der Waals surface area contributed by atoms with Gasteiger partial charge < -0.3 is 14.7 Å². The first kappa shape index (κ1) is 14.6. The van der Waals surface area contributed by atoms with Crippen molar-refractivity contribution in [1.82, 2.24) is 4.90 Å². The van der Waals surface area contributed by atoms with Crippen LogP contribution in [0.2, 0.25) is 0 Å². The second-order valence-corrected chi connectivity index (χ2v) is 3.95. The zero-order chi connectivity index (χ0) is 13.4. The number of likely N-dealkylation sites (N-methyl/N-ethyl adjacent to an activating group) is 1. The van der Waals surface area contributed by atoms with E-state index in [1.807, 2.05) is 0 Å². The average Bonchev–Trinajstić information content (AvgIpc) is 2.37. The normalized spacial score (nSPS) is 10.4. The van der Waals surface area contributed by atoms with E-state index in [4.69, 9.17) is 9.84 Å². The summed E-state index contributed by atoms with van der Waals surface area (Å²) < 4.78 is 17.8. The minimum atomic E-state index is -0.308. The fourth-order valence-electron chi connectivity index (χ4n) is 1.40. The van der Waals surface area contributed by atoms with Crippen LogP contribution in [0.5, 0.6) is 0 Å². The first-order valence-electron chi connectivity index (χ1n) is 5.80. The lowest BCUT2D eigenvalue weighted by Crippen LogP contribution is -2.31. The molecule has 0 heterocycles. The number of rotatable bonds is 7. The highest BCUT2D eigenvalue weighted by atomic mass is 19.1. The lowest BCUT2D eigenvalue weighted by molar-refractivity contribution is -0.129. The first-order chi connectivity index (χ1) is 8.63. The number of nitrogens with zero attached hydrogens (tertiary/aromatic N) is 1. The van der Waals surface area contributed by atoms with Crippen LogP contribution in [0.3, 0.4) is 0 Å². The van der Waals surface area contributed by atoms with Crippen LogP contribution in [0, 0.1) is 5.82 Å². The maximum absolute atomic E-state index is 12.7. The van der Waals surface area contributed by atoms with Crippen LogP contribution in [0.15, 0.2) is 24.3 Å². The maximum atomic E-state index is 12.7. The van der Waals surface area contributed by atoms with Crippen LogP contribution >= 0.6 is 0 Å². The largest absolute Gasteiger partial charge is 0.394 e. The van der Waals surface area contributed by atoms with Crippen molar-refractivity contribution in [2.75, 3.05) is 33.4 Å². The van der Waals surface area contributed by atoms with Crippen LogP contribution < -0.4 is 0 Å². The Kier molecular flexibility index (Phi) is 6.32. The number of carbonyl (C=O) groups excluding carboxylic acids is 1. The van der Waals surface area contributed by atoms with Gasteiger partial charge in [-0.3, -0.25) is 4.79 Å². The molecule has 1 amide bonds. The third kappa shape index (κ3) is 5.25. The third-order valence-corrected chi connectivity index (χ3v) is 2.50. The van der Waals surface area contributed by atoms with Gasteiger partial charge in [0.05, 0.1) is 26.2 Å². The molecular weight excluding hydrogens is 237 g/mol. The first-order valence-corrected chi connectivity index (χ1v) is 5.80. The topological polar surface area (TPSA) is 49.8 Å². The van der Waals surface area contributed by atoms with Crippen molar-refractivity contribution in [3.05, 3.63) is 35.6 Å². The lowest BCUT2D eigenvalue weighted by atomic mass is 10.1. The summed E-state index contributed by atoms with van der Waals surface area (Å²) in [6, 6.07) is 5.88. The summed E-state index contributed by atoms with van der Waals surface area (Å²) in [7, 11) is 1.69. The molecule has 0 saturated heterocycles. The smallest absolute Gasteiger partial charge is 0.226 e. The van der Waals surface area contributed by atoms with Gasteiger partial charge >= 0.3 is 0 Å². The second kappa shape index (κ2) is 7.79. The zero-order valence-corrected chi connectivity index (χ0v) is 10.4. The summed E-state index contributed by atoms with van der Waals surface area (Å²) in [5.74, 6) is -0.355. The Labute approximate surface area is 106 Å². The number of halogens is 1. The van der Waals surface area contributed by atoms with Crippen LogP contribution in [0.4, 0.5) is 4.39 Å². The standard InChI is InChI=1S/C13H18FNO3/c1-15(6-8-18-9-7-16)13(17)10-11-2-4-12(14)5-3-11/h2-5,16H,6-10H2,1H3. The summed E-state index contributed by atoms with van der Waals surface area (Å²) in [5.41, 5.74) is 0.782. The van der Waals surface area contributed by atoms with Crippen LogP contribution in [-0.4, -0.2) is 49.3 Å². The zero-order valence-electron chi connectivity index (χ0n) is 10.4. The number of aliphatic hydroxyl groups excluding tert-OH is 1. The van der Waals surface area contributed by atoms with E-state index >= 15 is 0 Å². The third-order valence-electron chi connectivity index (χ3n) is 2.50. The van der Waals surface area contributed by atoms with Gasteiger partial charge in [0.25, 0.3) is 0 Å². The minimum absolute atomic E-state index is 0.0206. The molecule has 0 aliphatic carbocycles. The Morgan fingerprint density at radius 2 is 2.00 bits per heavy atom. The fourth-order valence-corrected chi connectivity index (χ4v) is 1.40. The number of amides is 1. The number of benzene rings is 1. The highest BCUT2D eigenvalue weighted by Crippen LogP contribution is 2.05. The quantitative estimate of drug-likeness (QED) is 0.734. The number of hydrogen-bond donors (Lipinski definition) is 1. The lowest BCUT2D eigenvalue weighted by Gasteiger charge is -2.17. The van der Waals surface area contributed by atoms with Crippen LogP contribution in [-0.2, 0) is 16.0 Å². The fraction of sp³-hybridized carbons (Fsp3) is 0.462. The molecule has 0 bridgehead atoms. The number of carbonyl (C=O) groups is 1. The van der Waals surface area contributed by atoms with E-state index in [1.54, 1.807) is 24.1 Å². The van der Waals surface area contributed by atoms with Crippen molar-refractivity contribution in [2.45, 2.75) is 6.42 Å². The SMILES string of the molecule is CN(CCOCCO)C(=O)Cc1ccc(F)cc1. The molecule has 0 fully saturated rings. The van der Waals surface area contributed by atoms with Crippen molar-refractivity contribution in [2.24, 2.45) is 0 Å². The monoisotopic (exact) mass is 255 g/mol. The molecule has 1 aromatic rings. The van der Waals surface area contributed by atoms with E-state index in [1.165, 1.54) is 12.1 Å².